The third kappa shape index (κ3) is 5.66. The number of nitrogens with one attached hydrogen (secondary N) is 2. The van der Waals surface area contributed by atoms with Gasteiger partial charge in [0.15, 0.2) is 5.16 Å². The van der Waals surface area contributed by atoms with E-state index in [4.69, 9.17) is 0 Å². The van der Waals surface area contributed by atoms with Gasteiger partial charge in [0.2, 0.25) is 15.9 Å². The van der Waals surface area contributed by atoms with Crippen molar-refractivity contribution in [1.82, 2.24) is 19.5 Å². The van der Waals surface area contributed by atoms with Crippen LogP contribution >= 0.6 is 23.1 Å². The lowest BCUT2D eigenvalue weighted by Gasteiger charge is -2.10. The maximum Gasteiger partial charge on any atom is 0.240 e. The molecule has 0 aliphatic carbocycles. The smallest absolute Gasteiger partial charge is 0.240 e. The summed E-state index contributed by atoms with van der Waals surface area (Å²) in [4.78, 5) is 13.7. The van der Waals surface area contributed by atoms with Gasteiger partial charge in [-0.3, -0.25) is 4.79 Å². The van der Waals surface area contributed by atoms with Gasteiger partial charge in [0.05, 0.1) is 10.6 Å². The predicted molar refractivity (Wildman–Crippen MR) is 115 cm³/mol. The summed E-state index contributed by atoms with van der Waals surface area (Å²) in [7, 11) is -2.24. The van der Waals surface area contributed by atoms with E-state index in [1.165, 1.54) is 29.8 Å². The number of carbonyl (C=O) groups excluding carboxylic acids is 1. The van der Waals surface area contributed by atoms with Crippen LogP contribution in [0.4, 0.5) is 5.69 Å². The highest BCUT2D eigenvalue weighted by Crippen LogP contribution is 2.21. The molecule has 3 rings (SSSR count). The van der Waals surface area contributed by atoms with Crippen LogP contribution in [0.3, 0.4) is 0 Å². The number of aryl methyl sites for hydroxylation is 3. The second-order valence-corrected chi connectivity index (χ2v) is 9.99. The first-order valence-electron chi connectivity index (χ1n) is 8.76. The molecule has 0 bridgehead atoms. The molecule has 0 saturated carbocycles. The van der Waals surface area contributed by atoms with Gasteiger partial charge in [-0.1, -0.05) is 23.9 Å². The fraction of sp³-hybridized carbons (Fsp3) is 0.278. The van der Waals surface area contributed by atoms with Crippen LogP contribution in [-0.4, -0.2) is 41.9 Å². The molecule has 1 aromatic carbocycles. The van der Waals surface area contributed by atoms with Gasteiger partial charge in [-0.15, -0.1) is 21.5 Å². The largest absolute Gasteiger partial charge is 0.325 e. The van der Waals surface area contributed by atoms with Crippen molar-refractivity contribution in [3.8, 4) is 0 Å². The third-order valence-corrected chi connectivity index (χ3v) is 7.60. The minimum absolute atomic E-state index is 0.138. The van der Waals surface area contributed by atoms with E-state index in [2.05, 4.69) is 26.3 Å². The summed E-state index contributed by atoms with van der Waals surface area (Å²) in [6.07, 6.45) is 2.53. The summed E-state index contributed by atoms with van der Waals surface area (Å²) in [6.45, 7) is 2.44. The summed E-state index contributed by atoms with van der Waals surface area (Å²) in [5.41, 5.74) is 1.03. The number of benzene rings is 1. The minimum Gasteiger partial charge on any atom is -0.325 e. The van der Waals surface area contributed by atoms with Crippen LogP contribution in [0.5, 0.6) is 0 Å². The Morgan fingerprint density at radius 2 is 2.14 bits per heavy atom. The number of hydrogen-bond acceptors (Lipinski definition) is 7. The van der Waals surface area contributed by atoms with E-state index in [1.54, 1.807) is 36.7 Å². The van der Waals surface area contributed by atoms with Crippen molar-refractivity contribution in [3.63, 3.8) is 0 Å². The van der Waals surface area contributed by atoms with Crippen LogP contribution in [-0.2, 0) is 27.8 Å². The second kappa shape index (κ2) is 9.53. The van der Waals surface area contributed by atoms with Gasteiger partial charge < -0.3 is 9.88 Å². The molecule has 29 heavy (non-hydrogen) atoms. The molecule has 1 amide bonds. The minimum atomic E-state index is -3.59. The Labute approximate surface area is 177 Å². The Bertz CT molecular complexity index is 1080. The van der Waals surface area contributed by atoms with Gasteiger partial charge in [-0.25, -0.2) is 13.1 Å². The molecular weight excluding hydrogens is 430 g/mol. The SMILES string of the molecule is CNS(=O)(=O)c1cc(NC(=O)CSc2nncn2CCc2cccs2)ccc1C. The average Bonchev–Trinajstić information content (AvgIpc) is 3.37. The molecule has 0 radical (unpaired) electrons. The van der Waals surface area contributed by atoms with Crippen molar-refractivity contribution in [2.45, 2.75) is 29.9 Å². The van der Waals surface area contributed by atoms with E-state index < -0.39 is 10.0 Å². The van der Waals surface area contributed by atoms with E-state index in [-0.39, 0.29) is 16.6 Å². The van der Waals surface area contributed by atoms with Gasteiger partial charge in [0, 0.05) is 17.1 Å². The number of nitrogens with zero attached hydrogens (tertiary/aromatic N) is 3. The molecule has 0 fully saturated rings. The van der Waals surface area contributed by atoms with Gasteiger partial charge in [-0.05, 0) is 49.5 Å². The third-order valence-electron chi connectivity index (χ3n) is 4.12. The Balaban J connectivity index is 1.58. The number of aromatic nitrogens is 3. The molecule has 154 valence electrons. The highest BCUT2D eigenvalue weighted by atomic mass is 32.2. The van der Waals surface area contributed by atoms with Crippen LogP contribution < -0.4 is 10.0 Å². The molecule has 0 aliphatic heterocycles. The molecule has 3 aromatic rings. The molecule has 2 N–H and O–H groups in total. The summed E-state index contributed by atoms with van der Waals surface area (Å²) in [6, 6.07) is 8.89. The first-order valence-corrected chi connectivity index (χ1v) is 12.1. The molecule has 11 heteroatoms. The van der Waals surface area contributed by atoms with Crippen molar-refractivity contribution < 1.29 is 13.2 Å². The van der Waals surface area contributed by atoms with Crippen LogP contribution in [0.1, 0.15) is 10.4 Å². The normalized spacial score (nSPS) is 11.5. The number of hydrogen-bond donors (Lipinski definition) is 2. The molecule has 0 spiro atoms. The maximum absolute atomic E-state index is 12.3. The summed E-state index contributed by atoms with van der Waals surface area (Å²) < 4.78 is 28.4. The van der Waals surface area contributed by atoms with E-state index >= 15 is 0 Å². The number of carbonyl (C=O) groups is 1. The van der Waals surface area contributed by atoms with Crippen LogP contribution in [0, 0.1) is 6.92 Å². The van der Waals surface area contributed by atoms with Crippen LogP contribution in [0.25, 0.3) is 0 Å². The number of sulfonamides is 1. The van der Waals surface area contributed by atoms with Crippen molar-refractivity contribution in [1.29, 1.82) is 0 Å². The number of anilines is 1. The molecule has 0 atom stereocenters. The number of thiophene rings is 1. The summed E-state index contributed by atoms with van der Waals surface area (Å²) in [5.74, 6) is -0.112. The average molecular weight is 452 g/mol. The van der Waals surface area contributed by atoms with Crippen molar-refractivity contribution in [2.24, 2.45) is 0 Å². The second-order valence-electron chi connectivity index (χ2n) is 6.16. The molecule has 0 unspecified atom stereocenters. The standard InChI is InChI=1S/C18H21N5O3S3/c1-13-5-6-14(10-16(13)29(25,26)19-2)21-17(24)11-28-18-22-20-12-23(18)8-7-15-4-3-9-27-15/h3-6,9-10,12,19H,7-8,11H2,1-2H3,(H,21,24). The van der Waals surface area contributed by atoms with Crippen molar-refractivity contribution in [2.75, 3.05) is 18.1 Å². The number of thioether (sulfide) groups is 1. The zero-order valence-corrected chi connectivity index (χ0v) is 18.4. The van der Waals surface area contributed by atoms with Gasteiger partial charge >= 0.3 is 0 Å². The van der Waals surface area contributed by atoms with Gasteiger partial charge in [-0.2, -0.15) is 0 Å². The zero-order chi connectivity index (χ0) is 20.9. The Hall–Kier alpha value is -2.21. The highest BCUT2D eigenvalue weighted by Gasteiger charge is 2.16. The monoisotopic (exact) mass is 451 g/mol. The Morgan fingerprint density at radius 3 is 2.86 bits per heavy atom. The lowest BCUT2D eigenvalue weighted by atomic mass is 10.2. The Kier molecular flexibility index (Phi) is 7.06. The van der Waals surface area contributed by atoms with Gasteiger partial charge in [0.1, 0.15) is 6.33 Å². The number of rotatable bonds is 9. The zero-order valence-electron chi connectivity index (χ0n) is 16.0. The lowest BCUT2D eigenvalue weighted by Crippen LogP contribution is -2.20. The lowest BCUT2D eigenvalue weighted by molar-refractivity contribution is -0.113. The highest BCUT2D eigenvalue weighted by molar-refractivity contribution is 7.99. The predicted octanol–water partition coefficient (Wildman–Crippen LogP) is 2.53. The van der Waals surface area contributed by atoms with Crippen LogP contribution in [0.15, 0.2) is 52.1 Å². The molecule has 0 saturated heterocycles. The molecule has 8 nitrogen and oxygen atoms in total. The van der Waals surface area contributed by atoms with E-state index in [0.29, 0.717) is 16.4 Å². The van der Waals surface area contributed by atoms with E-state index in [9.17, 15) is 13.2 Å². The van der Waals surface area contributed by atoms with Crippen LogP contribution in [0.2, 0.25) is 0 Å². The first kappa shape index (κ1) is 21.5. The van der Waals surface area contributed by atoms with Gasteiger partial charge in [0.25, 0.3) is 0 Å². The van der Waals surface area contributed by atoms with E-state index in [1.807, 2.05) is 16.0 Å². The number of amides is 1. The van der Waals surface area contributed by atoms with Crippen molar-refractivity contribution in [3.05, 3.63) is 52.5 Å². The molecule has 2 heterocycles. The molecular formula is C18H21N5O3S3. The topological polar surface area (TPSA) is 106 Å². The van der Waals surface area contributed by atoms with E-state index in [0.717, 1.165) is 13.0 Å². The fourth-order valence-corrected chi connectivity index (χ4v) is 5.03. The summed E-state index contributed by atoms with van der Waals surface area (Å²) in [5, 5.41) is 13.4. The van der Waals surface area contributed by atoms with Crippen molar-refractivity contribution >= 4 is 44.7 Å². The molecule has 0 aliphatic rings. The Morgan fingerprint density at radius 1 is 1.31 bits per heavy atom. The first-order chi connectivity index (χ1) is 13.9. The fourth-order valence-electron chi connectivity index (χ4n) is 2.60. The summed E-state index contributed by atoms with van der Waals surface area (Å²) >= 11 is 2.99. The molecule has 2 aromatic heterocycles. The maximum atomic E-state index is 12.3. The quantitative estimate of drug-likeness (QED) is 0.484.